The molecule has 1 aromatic carbocycles. The number of carbonyl (C=O) groups is 1. The molecule has 9 heteroatoms. The van der Waals surface area contributed by atoms with Gasteiger partial charge in [-0.3, -0.25) is 4.79 Å². The standard InChI is InChI=1S/C14H8FN5O2S/c15-8-3-1-2-6-7(4-17-10(6)8)11(21)13-18-9(5-23-13)12-19-20-14(16)22-12/h1-5,17H,(H2,16,20). The van der Waals surface area contributed by atoms with Crippen molar-refractivity contribution in [2.75, 3.05) is 5.73 Å². The Kier molecular flexibility index (Phi) is 2.95. The van der Waals surface area contributed by atoms with E-state index in [1.807, 2.05) is 0 Å². The highest BCUT2D eigenvalue weighted by Gasteiger charge is 2.20. The Labute approximate surface area is 132 Å². The number of benzene rings is 1. The van der Waals surface area contributed by atoms with Gasteiger partial charge in [0.1, 0.15) is 11.5 Å². The number of fused-ring (bicyclic) bond motifs is 1. The molecule has 3 N–H and O–H groups in total. The van der Waals surface area contributed by atoms with Crippen LogP contribution in [0.1, 0.15) is 15.4 Å². The molecule has 0 saturated carbocycles. The summed E-state index contributed by atoms with van der Waals surface area (Å²) in [7, 11) is 0. The molecular formula is C14H8FN5O2S. The van der Waals surface area contributed by atoms with Crippen molar-refractivity contribution < 1.29 is 13.6 Å². The Hall–Kier alpha value is -3.07. The number of ketones is 1. The molecule has 0 saturated heterocycles. The van der Waals surface area contributed by atoms with E-state index in [1.165, 1.54) is 12.3 Å². The molecule has 0 fully saturated rings. The minimum atomic E-state index is -0.414. The Balaban J connectivity index is 1.74. The summed E-state index contributed by atoms with van der Waals surface area (Å²) in [4.78, 5) is 19.6. The third-order valence-corrected chi connectivity index (χ3v) is 4.11. The van der Waals surface area contributed by atoms with Crippen LogP contribution in [0.15, 0.2) is 34.2 Å². The summed E-state index contributed by atoms with van der Waals surface area (Å²) in [5.74, 6) is -0.587. The molecule has 4 rings (SSSR count). The molecule has 114 valence electrons. The quantitative estimate of drug-likeness (QED) is 0.559. The van der Waals surface area contributed by atoms with Gasteiger partial charge in [-0.1, -0.05) is 17.2 Å². The lowest BCUT2D eigenvalue weighted by Crippen LogP contribution is -1.99. The average molecular weight is 329 g/mol. The van der Waals surface area contributed by atoms with Gasteiger partial charge < -0.3 is 15.1 Å². The number of aromatic nitrogens is 4. The topological polar surface area (TPSA) is 111 Å². The number of hydrogen-bond donors (Lipinski definition) is 2. The fourth-order valence-electron chi connectivity index (χ4n) is 2.23. The smallest absolute Gasteiger partial charge is 0.313 e. The van der Waals surface area contributed by atoms with Gasteiger partial charge in [-0.15, -0.1) is 16.4 Å². The van der Waals surface area contributed by atoms with Crippen LogP contribution in [0.4, 0.5) is 10.4 Å². The number of H-pyrrole nitrogens is 1. The van der Waals surface area contributed by atoms with Crippen molar-refractivity contribution in [2.24, 2.45) is 0 Å². The van der Waals surface area contributed by atoms with Crippen molar-refractivity contribution in [3.63, 3.8) is 0 Å². The van der Waals surface area contributed by atoms with Gasteiger partial charge in [0.15, 0.2) is 5.01 Å². The van der Waals surface area contributed by atoms with Crippen molar-refractivity contribution in [2.45, 2.75) is 0 Å². The Bertz CT molecular complexity index is 1030. The first-order valence-corrected chi connectivity index (χ1v) is 7.36. The fourth-order valence-corrected chi connectivity index (χ4v) is 2.98. The van der Waals surface area contributed by atoms with E-state index in [9.17, 15) is 9.18 Å². The molecule has 7 nitrogen and oxygen atoms in total. The van der Waals surface area contributed by atoms with Crippen LogP contribution in [0, 0.1) is 5.82 Å². The molecule has 4 aromatic rings. The van der Waals surface area contributed by atoms with Crippen molar-refractivity contribution in [3.05, 3.63) is 46.2 Å². The van der Waals surface area contributed by atoms with E-state index in [0.29, 0.717) is 16.6 Å². The summed E-state index contributed by atoms with van der Waals surface area (Å²) in [5, 5.41) is 9.63. The summed E-state index contributed by atoms with van der Waals surface area (Å²) < 4.78 is 18.8. The van der Waals surface area contributed by atoms with Crippen LogP contribution in [0.5, 0.6) is 0 Å². The minimum Gasteiger partial charge on any atom is -0.402 e. The summed E-state index contributed by atoms with van der Waals surface area (Å²) in [6.45, 7) is 0. The van der Waals surface area contributed by atoms with Crippen molar-refractivity contribution in [1.82, 2.24) is 20.2 Å². The molecular weight excluding hydrogens is 321 g/mol. The first kappa shape index (κ1) is 13.6. The zero-order valence-electron chi connectivity index (χ0n) is 11.4. The number of nitrogens with two attached hydrogens (primary N) is 1. The van der Waals surface area contributed by atoms with Crippen LogP contribution in [0.2, 0.25) is 0 Å². The van der Waals surface area contributed by atoms with E-state index in [2.05, 4.69) is 20.2 Å². The van der Waals surface area contributed by atoms with E-state index in [-0.39, 0.29) is 28.2 Å². The van der Waals surface area contributed by atoms with Crippen LogP contribution in [-0.4, -0.2) is 25.9 Å². The van der Waals surface area contributed by atoms with Gasteiger partial charge in [-0.2, -0.15) is 0 Å². The predicted octanol–water partition coefficient (Wildman–Crippen LogP) is 2.63. The van der Waals surface area contributed by atoms with Crippen molar-refractivity contribution in [1.29, 1.82) is 0 Å². The average Bonchev–Trinajstić information content (AvgIpc) is 3.25. The summed E-state index contributed by atoms with van der Waals surface area (Å²) in [5.41, 5.74) is 6.38. The third kappa shape index (κ3) is 2.18. The summed E-state index contributed by atoms with van der Waals surface area (Å²) in [6.07, 6.45) is 1.47. The fraction of sp³-hybridized carbons (Fsp3) is 0. The molecule has 0 amide bonds. The highest BCUT2D eigenvalue weighted by atomic mass is 32.1. The number of nitrogens with zero attached hydrogens (tertiary/aromatic N) is 3. The van der Waals surface area contributed by atoms with E-state index in [1.54, 1.807) is 17.5 Å². The SMILES string of the molecule is Nc1nnc(-c2csc(C(=O)c3c[nH]c4c(F)cccc34)n2)o1. The molecule has 0 atom stereocenters. The minimum absolute atomic E-state index is 0.0759. The number of para-hydroxylation sites is 1. The van der Waals surface area contributed by atoms with Crippen LogP contribution < -0.4 is 5.73 Å². The van der Waals surface area contributed by atoms with Crippen LogP contribution >= 0.6 is 11.3 Å². The lowest BCUT2D eigenvalue weighted by atomic mass is 10.1. The molecule has 23 heavy (non-hydrogen) atoms. The van der Waals surface area contributed by atoms with Gasteiger partial charge in [-0.25, -0.2) is 9.37 Å². The maximum Gasteiger partial charge on any atom is 0.313 e. The first-order valence-electron chi connectivity index (χ1n) is 6.48. The Morgan fingerprint density at radius 3 is 3.00 bits per heavy atom. The summed E-state index contributed by atoms with van der Waals surface area (Å²) >= 11 is 1.14. The number of thiazole rings is 1. The van der Waals surface area contributed by atoms with Gasteiger partial charge in [0, 0.05) is 17.0 Å². The molecule has 0 aliphatic heterocycles. The maximum absolute atomic E-state index is 13.7. The van der Waals surface area contributed by atoms with Crippen LogP contribution in [0.3, 0.4) is 0 Å². The molecule has 3 aromatic heterocycles. The Morgan fingerprint density at radius 1 is 1.35 bits per heavy atom. The predicted molar refractivity (Wildman–Crippen MR) is 81.5 cm³/mol. The normalized spacial score (nSPS) is 11.2. The molecule has 0 unspecified atom stereocenters. The highest BCUT2D eigenvalue weighted by molar-refractivity contribution is 7.12. The number of hydrogen-bond acceptors (Lipinski definition) is 7. The number of nitrogens with one attached hydrogen (secondary N) is 1. The molecule has 0 radical (unpaired) electrons. The lowest BCUT2D eigenvalue weighted by molar-refractivity contribution is 0.104. The second-order valence-electron chi connectivity index (χ2n) is 4.68. The molecule has 0 spiro atoms. The van der Waals surface area contributed by atoms with Gasteiger partial charge in [0.2, 0.25) is 5.78 Å². The zero-order valence-corrected chi connectivity index (χ0v) is 12.2. The third-order valence-electron chi connectivity index (χ3n) is 3.27. The van der Waals surface area contributed by atoms with E-state index in [0.717, 1.165) is 11.3 Å². The maximum atomic E-state index is 13.7. The van der Waals surface area contributed by atoms with Gasteiger partial charge in [-0.05, 0) is 6.07 Å². The number of halogens is 1. The number of nitrogen functional groups attached to an aromatic ring is 1. The number of carbonyl (C=O) groups excluding carboxylic acids is 1. The van der Waals surface area contributed by atoms with Gasteiger partial charge in [0.25, 0.3) is 5.89 Å². The second-order valence-corrected chi connectivity index (χ2v) is 5.54. The van der Waals surface area contributed by atoms with Crippen LogP contribution in [0.25, 0.3) is 22.5 Å². The van der Waals surface area contributed by atoms with Crippen molar-refractivity contribution >= 4 is 34.0 Å². The van der Waals surface area contributed by atoms with Crippen molar-refractivity contribution in [3.8, 4) is 11.6 Å². The Morgan fingerprint density at radius 2 is 2.22 bits per heavy atom. The molecule has 3 heterocycles. The zero-order chi connectivity index (χ0) is 16.0. The molecule has 0 aliphatic carbocycles. The van der Waals surface area contributed by atoms with E-state index in [4.69, 9.17) is 10.2 Å². The second kappa shape index (κ2) is 4.99. The van der Waals surface area contributed by atoms with E-state index >= 15 is 0 Å². The number of anilines is 1. The first-order chi connectivity index (χ1) is 11.1. The summed E-state index contributed by atoms with van der Waals surface area (Å²) in [6, 6.07) is 4.48. The van der Waals surface area contributed by atoms with Gasteiger partial charge in [0.05, 0.1) is 11.1 Å². The lowest BCUT2D eigenvalue weighted by Gasteiger charge is -1.95. The largest absolute Gasteiger partial charge is 0.402 e. The number of aromatic amines is 1. The van der Waals surface area contributed by atoms with E-state index < -0.39 is 5.82 Å². The number of rotatable bonds is 3. The highest BCUT2D eigenvalue weighted by Crippen LogP contribution is 2.26. The molecule has 0 bridgehead atoms. The monoisotopic (exact) mass is 329 g/mol. The van der Waals surface area contributed by atoms with Gasteiger partial charge >= 0.3 is 6.01 Å². The molecule has 0 aliphatic rings. The van der Waals surface area contributed by atoms with Crippen LogP contribution in [-0.2, 0) is 0 Å².